The van der Waals surface area contributed by atoms with Crippen molar-refractivity contribution in [3.8, 4) is 0 Å². The van der Waals surface area contributed by atoms with Gasteiger partial charge < -0.3 is 5.73 Å². The molecule has 0 saturated heterocycles. The topological polar surface area (TPSA) is 56.0 Å². The molecule has 1 heterocycles. The predicted octanol–water partition coefficient (Wildman–Crippen LogP) is 2.12. The summed E-state index contributed by atoms with van der Waals surface area (Å²) in [6, 6.07) is 9.79. The second-order valence-electron chi connectivity index (χ2n) is 3.49. The SMILES string of the molecule is NC(=O)CC=Cc1cccc2ncccc12. The van der Waals surface area contributed by atoms with Gasteiger partial charge >= 0.3 is 0 Å². The lowest BCUT2D eigenvalue weighted by Crippen LogP contribution is -2.07. The Labute approximate surface area is 93.6 Å². The average Bonchev–Trinajstić information content (AvgIpc) is 2.29. The van der Waals surface area contributed by atoms with Crippen LogP contribution in [0.2, 0.25) is 0 Å². The van der Waals surface area contributed by atoms with Gasteiger partial charge in [-0.05, 0) is 17.7 Å². The van der Waals surface area contributed by atoms with Crippen molar-refractivity contribution in [1.82, 2.24) is 4.98 Å². The molecule has 0 saturated carbocycles. The van der Waals surface area contributed by atoms with E-state index in [-0.39, 0.29) is 12.3 Å². The van der Waals surface area contributed by atoms with E-state index in [1.165, 1.54) is 0 Å². The summed E-state index contributed by atoms with van der Waals surface area (Å²) in [6.45, 7) is 0. The zero-order valence-electron chi connectivity index (χ0n) is 8.76. The fourth-order valence-electron chi connectivity index (χ4n) is 1.57. The van der Waals surface area contributed by atoms with Crippen molar-refractivity contribution in [2.24, 2.45) is 5.73 Å². The average molecular weight is 212 g/mol. The Morgan fingerprint density at radius 3 is 3.00 bits per heavy atom. The first-order valence-electron chi connectivity index (χ1n) is 5.06. The molecule has 0 aliphatic heterocycles. The van der Waals surface area contributed by atoms with E-state index in [4.69, 9.17) is 5.73 Å². The van der Waals surface area contributed by atoms with Crippen LogP contribution in [0.1, 0.15) is 12.0 Å². The van der Waals surface area contributed by atoms with E-state index >= 15 is 0 Å². The van der Waals surface area contributed by atoms with Crippen LogP contribution in [0.15, 0.2) is 42.6 Å². The predicted molar refractivity (Wildman–Crippen MR) is 64.6 cm³/mol. The summed E-state index contributed by atoms with van der Waals surface area (Å²) in [5.74, 6) is -0.324. The number of fused-ring (bicyclic) bond motifs is 1. The summed E-state index contributed by atoms with van der Waals surface area (Å²) < 4.78 is 0. The Balaban J connectivity index is 2.37. The van der Waals surface area contributed by atoms with Crippen LogP contribution in [0.25, 0.3) is 17.0 Å². The summed E-state index contributed by atoms with van der Waals surface area (Å²) in [4.78, 5) is 14.9. The Morgan fingerprint density at radius 1 is 1.31 bits per heavy atom. The molecular weight excluding hydrogens is 200 g/mol. The zero-order chi connectivity index (χ0) is 11.4. The third-order valence-electron chi connectivity index (χ3n) is 2.30. The van der Waals surface area contributed by atoms with Crippen molar-refractivity contribution in [1.29, 1.82) is 0 Å². The molecule has 2 N–H and O–H groups in total. The summed E-state index contributed by atoms with van der Waals surface area (Å²) in [7, 11) is 0. The van der Waals surface area contributed by atoms with Crippen LogP contribution in [-0.4, -0.2) is 10.9 Å². The van der Waals surface area contributed by atoms with Crippen molar-refractivity contribution in [3.63, 3.8) is 0 Å². The zero-order valence-corrected chi connectivity index (χ0v) is 8.76. The number of nitrogens with two attached hydrogens (primary N) is 1. The van der Waals surface area contributed by atoms with Crippen molar-refractivity contribution in [2.75, 3.05) is 0 Å². The fraction of sp³-hybridized carbons (Fsp3) is 0.0769. The highest BCUT2D eigenvalue weighted by Crippen LogP contribution is 2.17. The first-order valence-corrected chi connectivity index (χ1v) is 5.06. The highest BCUT2D eigenvalue weighted by Gasteiger charge is 1.97. The van der Waals surface area contributed by atoms with Crippen LogP contribution in [0.3, 0.4) is 0 Å². The van der Waals surface area contributed by atoms with E-state index in [0.717, 1.165) is 16.5 Å². The van der Waals surface area contributed by atoms with Crippen LogP contribution >= 0.6 is 0 Å². The van der Waals surface area contributed by atoms with Gasteiger partial charge in [-0.1, -0.05) is 30.4 Å². The molecule has 3 heteroatoms. The Kier molecular flexibility index (Phi) is 2.96. The minimum absolute atomic E-state index is 0.261. The van der Waals surface area contributed by atoms with Gasteiger partial charge in [-0.3, -0.25) is 9.78 Å². The van der Waals surface area contributed by atoms with Crippen molar-refractivity contribution in [3.05, 3.63) is 48.2 Å². The molecule has 1 aromatic carbocycles. The Morgan fingerprint density at radius 2 is 2.19 bits per heavy atom. The minimum Gasteiger partial charge on any atom is -0.369 e. The van der Waals surface area contributed by atoms with Crippen LogP contribution in [0, 0.1) is 0 Å². The molecule has 0 fully saturated rings. The number of carbonyl (C=O) groups excluding carboxylic acids is 1. The van der Waals surface area contributed by atoms with Gasteiger partial charge in [-0.2, -0.15) is 0 Å². The maximum absolute atomic E-state index is 10.6. The quantitative estimate of drug-likeness (QED) is 0.847. The number of hydrogen-bond donors (Lipinski definition) is 1. The maximum Gasteiger partial charge on any atom is 0.221 e. The molecule has 0 atom stereocenters. The normalized spacial score (nSPS) is 11.0. The summed E-state index contributed by atoms with van der Waals surface area (Å²) in [6.07, 6.45) is 5.69. The lowest BCUT2D eigenvalue weighted by molar-refractivity contribution is -0.117. The highest BCUT2D eigenvalue weighted by atomic mass is 16.1. The number of carbonyl (C=O) groups is 1. The van der Waals surface area contributed by atoms with Gasteiger partial charge in [-0.15, -0.1) is 0 Å². The Hall–Kier alpha value is -2.16. The molecule has 0 spiro atoms. The smallest absolute Gasteiger partial charge is 0.221 e. The molecule has 0 unspecified atom stereocenters. The van der Waals surface area contributed by atoms with Gasteiger partial charge in [0.2, 0.25) is 5.91 Å². The van der Waals surface area contributed by atoms with Gasteiger partial charge in [0, 0.05) is 18.0 Å². The van der Waals surface area contributed by atoms with Crippen molar-refractivity contribution >= 4 is 22.9 Å². The molecule has 16 heavy (non-hydrogen) atoms. The van der Waals surface area contributed by atoms with Crippen molar-refractivity contribution in [2.45, 2.75) is 6.42 Å². The molecular formula is C13H12N2O. The number of rotatable bonds is 3. The number of primary amides is 1. The third kappa shape index (κ3) is 2.25. The van der Waals surface area contributed by atoms with E-state index in [9.17, 15) is 4.79 Å². The van der Waals surface area contributed by atoms with E-state index in [0.29, 0.717) is 0 Å². The number of benzene rings is 1. The molecule has 0 aliphatic rings. The molecule has 0 radical (unpaired) electrons. The molecule has 80 valence electrons. The van der Waals surface area contributed by atoms with Gasteiger partial charge in [0.05, 0.1) is 5.52 Å². The summed E-state index contributed by atoms with van der Waals surface area (Å²) in [5.41, 5.74) is 7.06. The molecule has 1 amide bonds. The van der Waals surface area contributed by atoms with Crippen LogP contribution in [0.5, 0.6) is 0 Å². The van der Waals surface area contributed by atoms with E-state index in [1.807, 2.05) is 36.4 Å². The summed E-state index contributed by atoms with van der Waals surface area (Å²) in [5, 5.41) is 1.07. The van der Waals surface area contributed by atoms with E-state index < -0.39 is 0 Å². The van der Waals surface area contributed by atoms with E-state index in [2.05, 4.69) is 4.98 Å². The van der Waals surface area contributed by atoms with Crippen LogP contribution < -0.4 is 5.73 Å². The second kappa shape index (κ2) is 4.57. The molecule has 2 aromatic rings. The monoisotopic (exact) mass is 212 g/mol. The number of nitrogens with zero attached hydrogens (tertiary/aromatic N) is 1. The lowest BCUT2D eigenvalue weighted by Gasteiger charge is -2.00. The highest BCUT2D eigenvalue weighted by molar-refractivity contribution is 5.88. The summed E-state index contributed by atoms with van der Waals surface area (Å²) >= 11 is 0. The fourth-order valence-corrected chi connectivity index (χ4v) is 1.57. The standard InChI is InChI=1S/C13H12N2O/c14-13(16)8-2-5-10-4-1-7-12-11(10)6-3-9-15-12/h1-7,9H,8H2,(H2,14,16). The number of pyridine rings is 1. The first kappa shape index (κ1) is 10.4. The molecule has 1 aromatic heterocycles. The van der Waals surface area contributed by atoms with Gasteiger partial charge in [0.15, 0.2) is 0 Å². The lowest BCUT2D eigenvalue weighted by atomic mass is 10.1. The van der Waals surface area contributed by atoms with Gasteiger partial charge in [-0.25, -0.2) is 0 Å². The van der Waals surface area contributed by atoms with Gasteiger partial charge in [0.25, 0.3) is 0 Å². The minimum atomic E-state index is -0.324. The molecule has 0 aliphatic carbocycles. The molecule has 3 nitrogen and oxygen atoms in total. The maximum atomic E-state index is 10.6. The largest absolute Gasteiger partial charge is 0.369 e. The van der Waals surface area contributed by atoms with Gasteiger partial charge in [0.1, 0.15) is 0 Å². The number of aromatic nitrogens is 1. The van der Waals surface area contributed by atoms with Crippen molar-refractivity contribution < 1.29 is 4.79 Å². The third-order valence-corrected chi connectivity index (χ3v) is 2.30. The molecule has 2 rings (SSSR count). The molecule has 0 bridgehead atoms. The Bertz CT molecular complexity index is 541. The van der Waals surface area contributed by atoms with E-state index in [1.54, 1.807) is 12.3 Å². The number of hydrogen-bond acceptors (Lipinski definition) is 2. The van der Waals surface area contributed by atoms with Crippen LogP contribution in [0.4, 0.5) is 0 Å². The number of amides is 1. The van der Waals surface area contributed by atoms with Crippen LogP contribution in [-0.2, 0) is 4.79 Å². The first-order chi connectivity index (χ1) is 7.77. The second-order valence-corrected chi connectivity index (χ2v) is 3.49.